The molecule has 5 rings (SSSR count). The van der Waals surface area contributed by atoms with Crippen LogP contribution in [0.3, 0.4) is 0 Å². The number of sulfone groups is 1. The van der Waals surface area contributed by atoms with Crippen LogP contribution in [0.5, 0.6) is 0 Å². The van der Waals surface area contributed by atoms with Gasteiger partial charge in [-0.15, -0.1) is 0 Å². The third-order valence-electron chi connectivity index (χ3n) is 9.24. The third-order valence-corrected chi connectivity index (χ3v) is 11.8. The number of hydrogen-bond donors (Lipinski definition) is 0. The number of halogens is 8. The molecule has 0 radical (unpaired) electrons. The number of aryl methyl sites for hydroxylation is 2. The Bertz CT molecular complexity index is 1480. The summed E-state index contributed by atoms with van der Waals surface area (Å²) in [4.78, 5) is 14.7. The van der Waals surface area contributed by atoms with Crippen molar-refractivity contribution in [2.24, 2.45) is 5.92 Å². The van der Waals surface area contributed by atoms with E-state index >= 15 is 0 Å². The normalized spacial score (nSPS) is 23.9. The fourth-order valence-corrected chi connectivity index (χ4v) is 9.41. The second-order valence-corrected chi connectivity index (χ2v) is 13.7. The summed E-state index contributed by atoms with van der Waals surface area (Å²) < 4.78 is 138. The van der Waals surface area contributed by atoms with Crippen LogP contribution in [0.2, 0.25) is 0 Å². The number of rotatable bonds is 4. The quantitative estimate of drug-likeness (QED) is 0.338. The summed E-state index contributed by atoms with van der Waals surface area (Å²) in [6.45, 7) is 1.40. The highest BCUT2D eigenvalue weighted by molar-refractivity contribution is 7.92. The minimum absolute atomic E-state index is 0.0209. The molecule has 1 heterocycles. The van der Waals surface area contributed by atoms with Gasteiger partial charge in [0.25, 0.3) is 0 Å². The average molecular weight is 624 g/mol. The first-order chi connectivity index (χ1) is 19.5. The standard InChI is InChI=1S/C29H29F8NO3S/c1-17-7-10-21(16-23(17)30)42(40,41)26-13-14-38(25(39)18-5-3-2-4-6-18)24(26)12-8-19-15-20(9-11-22(19)26)27(31,28(32,33)34)29(35,36)37/h7,9-11,15-16,18,24H,2-6,8,12-14H2,1H3. The molecule has 0 bridgehead atoms. The lowest BCUT2D eigenvalue weighted by molar-refractivity contribution is -0.348. The molecule has 1 aliphatic heterocycles. The maximum atomic E-state index is 15.0. The number of fused-ring (bicyclic) bond motifs is 3. The number of alkyl halides is 7. The Morgan fingerprint density at radius 3 is 2.14 bits per heavy atom. The molecule has 2 atom stereocenters. The molecular weight excluding hydrogens is 594 g/mol. The maximum absolute atomic E-state index is 15.0. The molecule has 1 saturated carbocycles. The molecule has 4 nitrogen and oxygen atoms in total. The van der Waals surface area contributed by atoms with Gasteiger partial charge in [0.1, 0.15) is 10.6 Å². The zero-order chi connectivity index (χ0) is 30.9. The molecule has 2 fully saturated rings. The predicted molar refractivity (Wildman–Crippen MR) is 136 cm³/mol. The highest BCUT2D eigenvalue weighted by Crippen LogP contribution is 2.57. The van der Waals surface area contributed by atoms with Crippen molar-refractivity contribution in [3.05, 3.63) is 64.5 Å². The molecule has 3 aliphatic rings. The van der Waals surface area contributed by atoms with Crippen LogP contribution < -0.4 is 0 Å². The molecule has 13 heteroatoms. The summed E-state index contributed by atoms with van der Waals surface area (Å²) in [6.07, 6.45) is -9.30. The van der Waals surface area contributed by atoms with Crippen molar-refractivity contribution < 1.29 is 48.3 Å². The highest BCUT2D eigenvalue weighted by atomic mass is 32.2. The van der Waals surface area contributed by atoms with E-state index in [1.165, 1.54) is 24.0 Å². The molecule has 0 spiro atoms. The largest absolute Gasteiger partial charge is 0.435 e. The minimum atomic E-state index is -6.34. The third kappa shape index (κ3) is 4.43. The van der Waals surface area contributed by atoms with Gasteiger partial charge in [0, 0.05) is 18.0 Å². The summed E-state index contributed by atoms with van der Waals surface area (Å²) in [5, 5.41) is 0. The SMILES string of the molecule is Cc1ccc(S(=O)(=O)C23CCN(C(=O)C4CCCCC4)C2CCc2cc(C(F)(C(F)(F)F)C(F)(F)F)ccc23)cc1F. The van der Waals surface area contributed by atoms with Crippen molar-refractivity contribution in [3.63, 3.8) is 0 Å². The summed E-state index contributed by atoms with van der Waals surface area (Å²) in [6, 6.07) is 3.83. The number of carbonyl (C=O) groups is 1. The van der Waals surface area contributed by atoms with Gasteiger partial charge < -0.3 is 4.90 Å². The average Bonchev–Trinajstić information content (AvgIpc) is 3.34. The van der Waals surface area contributed by atoms with Gasteiger partial charge in [-0.3, -0.25) is 4.79 Å². The molecule has 0 aromatic heterocycles. The van der Waals surface area contributed by atoms with E-state index in [1.54, 1.807) is 0 Å². The summed E-state index contributed by atoms with van der Waals surface area (Å²) in [7, 11) is -4.59. The molecule has 2 aromatic carbocycles. The Hall–Kier alpha value is -2.70. The fourth-order valence-electron chi connectivity index (χ4n) is 7.03. The van der Waals surface area contributed by atoms with Gasteiger partial charge in [0.2, 0.25) is 5.91 Å². The summed E-state index contributed by atoms with van der Waals surface area (Å²) in [5.41, 5.74) is -7.52. The molecule has 2 unspecified atom stereocenters. The summed E-state index contributed by atoms with van der Waals surface area (Å²) >= 11 is 0. The van der Waals surface area contributed by atoms with Crippen LogP contribution in [0.1, 0.15) is 67.2 Å². The van der Waals surface area contributed by atoms with Crippen LogP contribution in [0.4, 0.5) is 35.1 Å². The predicted octanol–water partition coefficient (Wildman–Crippen LogP) is 7.22. The van der Waals surface area contributed by atoms with Gasteiger partial charge >= 0.3 is 18.0 Å². The number of likely N-dealkylation sites (tertiary alicyclic amines) is 1. The Morgan fingerprint density at radius 2 is 1.55 bits per heavy atom. The van der Waals surface area contributed by atoms with E-state index in [0.717, 1.165) is 31.4 Å². The van der Waals surface area contributed by atoms with Crippen LogP contribution in [0.15, 0.2) is 41.3 Å². The van der Waals surface area contributed by atoms with Crippen LogP contribution in [-0.2, 0) is 31.5 Å². The van der Waals surface area contributed by atoms with Crippen molar-refractivity contribution in [2.45, 2.75) is 92.0 Å². The first-order valence-corrected chi connectivity index (χ1v) is 15.2. The minimum Gasteiger partial charge on any atom is -0.337 e. The van der Waals surface area contributed by atoms with Crippen LogP contribution >= 0.6 is 0 Å². The van der Waals surface area contributed by atoms with E-state index in [4.69, 9.17) is 0 Å². The molecule has 1 saturated heterocycles. The van der Waals surface area contributed by atoms with Crippen LogP contribution in [0.25, 0.3) is 0 Å². The first-order valence-electron chi connectivity index (χ1n) is 13.7. The van der Waals surface area contributed by atoms with E-state index in [2.05, 4.69) is 0 Å². The Balaban J connectivity index is 1.69. The first kappa shape index (κ1) is 30.7. The molecular formula is C29H29F8NO3S. The van der Waals surface area contributed by atoms with Gasteiger partial charge in [0.15, 0.2) is 9.84 Å². The van der Waals surface area contributed by atoms with Gasteiger partial charge in [-0.25, -0.2) is 17.2 Å². The second kappa shape index (κ2) is 10.2. The van der Waals surface area contributed by atoms with Gasteiger partial charge in [-0.1, -0.05) is 43.5 Å². The van der Waals surface area contributed by atoms with Crippen molar-refractivity contribution >= 4 is 15.7 Å². The van der Waals surface area contributed by atoms with Gasteiger partial charge in [0.05, 0.1) is 10.9 Å². The van der Waals surface area contributed by atoms with Crippen LogP contribution in [-0.4, -0.2) is 44.2 Å². The molecule has 0 N–H and O–H groups in total. The fraction of sp³-hybridized carbons (Fsp3) is 0.552. The topological polar surface area (TPSA) is 54.5 Å². The number of amides is 1. The molecule has 2 aliphatic carbocycles. The number of nitrogens with zero attached hydrogens (tertiary/aromatic N) is 1. The molecule has 42 heavy (non-hydrogen) atoms. The highest BCUT2D eigenvalue weighted by Gasteiger charge is 2.74. The number of benzene rings is 2. The van der Waals surface area contributed by atoms with E-state index in [9.17, 15) is 48.3 Å². The lowest BCUT2D eigenvalue weighted by Crippen LogP contribution is -2.53. The molecule has 1 amide bonds. The van der Waals surface area contributed by atoms with Crippen molar-refractivity contribution in [3.8, 4) is 0 Å². The monoisotopic (exact) mass is 623 g/mol. The Morgan fingerprint density at radius 1 is 0.905 bits per heavy atom. The van der Waals surface area contributed by atoms with Crippen molar-refractivity contribution in [1.82, 2.24) is 4.90 Å². The van der Waals surface area contributed by atoms with E-state index in [1.807, 2.05) is 0 Å². The number of hydrogen-bond acceptors (Lipinski definition) is 3. The molecule has 230 valence electrons. The summed E-state index contributed by atoms with van der Waals surface area (Å²) in [5.74, 6) is -1.39. The lowest BCUT2D eigenvalue weighted by atomic mass is 9.76. The second-order valence-electron chi connectivity index (χ2n) is 11.5. The smallest absolute Gasteiger partial charge is 0.337 e. The van der Waals surface area contributed by atoms with Gasteiger partial charge in [-0.05, 0) is 67.9 Å². The van der Waals surface area contributed by atoms with Crippen molar-refractivity contribution in [1.29, 1.82) is 0 Å². The zero-order valence-electron chi connectivity index (χ0n) is 22.6. The lowest BCUT2D eigenvalue weighted by Gasteiger charge is -2.43. The number of carbonyl (C=O) groups excluding carboxylic acids is 1. The Kier molecular flexibility index (Phi) is 7.46. The Labute approximate surface area is 238 Å². The van der Waals surface area contributed by atoms with Gasteiger partial charge in [-0.2, -0.15) is 26.3 Å². The molecule has 2 aromatic rings. The zero-order valence-corrected chi connectivity index (χ0v) is 23.4. The van der Waals surface area contributed by atoms with E-state index in [-0.39, 0.29) is 54.3 Å². The van der Waals surface area contributed by atoms with Crippen molar-refractivity contribution in [2.75, 3.05) is 6.54 Å². The van der Waals surface area contributed by atoms with Crippen LogP contribution in [0, 0.1) is 18.7 Å². The van der Waals surface area contributed by atoms with E-state index < -0.39 is 54.9 Å². The van der Waals surface area contributed by atoms with E-state index in [0.29, 0.717) is 25.0 Å². The maximum Gasteiger partial charge on any atom is 0.435 e.